The minimum absolute atomic E-state index is 0.00344. The number of rotatable bonds is 5. The minimum Gasteiger partial charge on any atom is -0.491 e. The van der Waals surface area contributed by atoms with Crippen molar-refractivity contribution in [2.75, 3.05) is 0 Å². The molecule has 2 rings (SSSR count). The molecule has 1 heterocycles. The van der Waals surface area contributed by atoms with E-state index in [1.54, 1.807) is 13.0 Å². The molecule has 5 heteroatoms. The van der Waals surface area contributed by atoms with E-state index >= 15 is 0 Å². The molecule has 0 fully saturated rings. The first-order chi connectivity index (χ1) is 10.7. The van der Waals surface area contributed by atoms with Crippen LogP contribution in [0.15, 0.2) is 23.0 Å². The van der Waals surface area contributed by atoms with E-state index in [9.17, 15) is 9.59 Å². The molecule has 0 bridgehead atoms. The van der Waals surface area contributed by atoms with Crippen molar-refractivity contribution in [3.63, 3.8) is 0 Å². The number of pyridine rings is 1. The molecule has 0 aliphatic rings. The van der Waals surface area contributed by atoms with Crippen LogP contribution in [0.2, 0.25) is 0 Å². The van der Waals surface area contributed by atoms with Crippen molar-refractivity contribution in [2.24, 2.45) is 0 Å². The molecular formula is C18H23NO4. The molecule has 23 heavy (non-hydrogen) atoms. The maximum absolute atomic E-state index is 12.8. The number of ether oxygens (including phenoxy) is 1. The van der Waals surface area contributed by atoms with Gasteiger partial charge >= 0.3 is 5.97 Å². The molecule has 2 aromatic rings. The smallest absolute Gasteiger partial charge is 0.308 e. The molecular weight excluding hydrogens is 294 g/mol. The van der Waals surface area contributed by atoms with Crippen molar-refractivity contribution in [3.8, 4) is 5.75 Å². The Balaban J connectivity index is 2.81. The molecule has 0 saturated carbocycles. The lowest BCUT2D eigenvalue weighted by Crippen LogP contribution is -2.22. The number of aromatic nitrogens is 1. The topological polar surface area (TPSA) is 68.5 Å². The van der Waals surface area contributed by atoms with Gasteiger partial charge in [0, 0.05) is 22.7 Å². The Labute approximate surface area is 135 Å². The van der Waals surface area contributed by atoms with Crippen LogP contribution in [0.25, 0.3) is 10.9 Å². The number of carbonyl (C=O) groups is 1. The summed E-state index contributed by atoms with van der Waals surface area (Å²) in [6.45, 7) is 9.67. The van der Waals surface area contributed by atoms with Crippen molar-refractivity contribution < 1.29 is 14.6 Å². The highest BCUT2D eigenvalue weighted by atomic mass is 16.5. The van der Waals surface area contributed by atoms with Crippen LogP contribution in [0, 0.1) is 6.92 Å². The second-order valence-electron chi connectivity index (χ2n) is 6.27. The molecule has 1 N–H and O–H groups in total. The summed E-state index contributed by atoms with van der Waals surface area (Å²) in [5.74, 6) is -0.389. The Morgan fingerprint density at radius 1 is 1.26 bits per heavy atom. The molecule has 0 radical (unpaired) electrons. The van der Waals surface area contributed by atoms with E-state index in [0.29, 0.717) is 22.4 Å². The summed E-state index contributed by atoms with van der Waals surface area (Å²) in [7, 11) is 0. The largest absolute Gasteiger partial charge is 0.491 e. The zero-order valence-corrected chi connectivity index (χ0v) is 14.2. The van der Waals surface area contributed by atoms with Crippen molar-refractivity contribution in [2.45, 2.75) is 53.2 Å². The predicted octanol–water partition coefficient (Wildman–Crippen LogP) is 3.31. The van der Waals surface area contributed by atoms with Gasteiger partial charge < -0.3 is 14.4 Å². The molecule has 0 amide bonds. The molecule has 0 aliphatic carbocycles. The highest BCUT2D eigenvalue weighted by molar-refractivity contribution is 5.83. The highest BCUT2D eigenvalue weighted by Gasteiger charge is 2.18. The summed E-state index contributed by atoms with van der Waals surface area (Å²) in [5.41, 5.74) is 1.61. The van der Waals surface area contributed by atoms with Gasteiger partial charge in [-0.1, -0.05) is 0 Å². The lowest BCUT2D eigenvalue weighted by Gasteiger charge is -2.21. The van der Waals surface area contributed by atoms with E-state index in [0.717, 1.165) is 5.52 Å². The van der Waals surface area contributed by atoms with Crippen LogP contribution in [0.4, 0.5) is 0 Å². The number of carboxylic acids is 1. The molecule has 0 aliphatic heterocycles. The first-order valence-electron chi connectivity index (χ1n) is 7.78. The molecule has 0 unspecified atom stereocenters. The van der Waals surface area contributed by atoms with E-state index < -0.39 is 5.97 Å². The summed E-state index contributed by atoms with van der Waals surface area (Å²) in [6, 6.07) is 5.53. The number of nitrogens with zero attached hydrogens (tertiary/aromatic N) is 1. The van der Waals surface area contributed by atoms with Gasteiger partial charge in [0.1, 0.15) is 5.75 Å². The van der Waals surface area contributed by atoms with Gasteiger partial charge in [0.2, 0.25) is 0 Å². The third-order valence-electron chi connectivity index (χ3n) is 3.76. The van der Waals surface area contributed by atoms with E-state index in [4.69, 9.17) is 9.84 Å². The molecule has 1 aromatic carbocycles. The quantitative estimate of drug-likeness (QED) is 0.918. The second-order valence-corrected chi connectivity index (χ2v) is 6.27. The number of carboxylic acid groups (broad SMARTS) is 1. The zero-order chi connectivity index (χ0) is 17.3. The van der Waals surface area contributed by atoms with Gasteiger partial charge in [-0.15, -0.1) is 0 Å². The van der Waals surface area contributed by atoms with E-state index in [1.807, 2.05) is 44.4 Å². The van der Waals surface area contributed by atoms with Crippen molar-refractivity contribution in [3.05, 3.63) is 39.7 Å². The van der Waals surface area contributed by atoms with Gasteiger partial charge in [0.05, 0.1) is 18.0 Å². The number of aliphatic carboxylic acids is 1. The summed E-state index contributed by atoms with van der Waals surface area (Å²) in [5, 5.41) is 9.62. The third-order valence-corrected chi connectivity index (χ3v) is 3.76. The average molecular weight is 317 g/mol. The van der Waals surface area contributed by atoms with Gasteiger partial charge in [-0.3, -0.25) is 9.59 Å². The van der Waals surface area contributed by atoms with Crippen molar-refractivity contribution in [1.29, 1.82) is 0 Å². The number of benzene rings is 1. The molecule has 0 spiro atoms. The minimum atomic E-state index is -1.01. The van der Waals surface area contributed by atoms with Crippen LogP contribution in [-0.4, -0.2) is 21.7 Å². The fourth-order valence-electron chi connectivity index (χ4n) is 2.93. The van der Waals surface area contributed by atoms with Gasteiger partial charge in [-0.2, -0.15) is 0 Å². The van der Waals surface area contributed by atoms with Crippen LogP contribution in [0.1, 0.15) is 45.0 Å². The first kappa shape index (κ1) is 17.1. The van der Waals surface area contributed by atoms with Crippen LogP contribution >= 0.6 is 0 Å². The Kier molecular flexibility index (Phi) is 4.78. The predicted molar refractivity (Wildman–Crippen MR) is 90.4 cm³/mol. The van der Waals surface area contributed by atoms with Gasteiger partial charge in [0.25, 0.3) is 0 Å². The monoisotopic (exact) mass is 317 g/mol. The van der Waals surface area contributed by atoms with Crippen LogP contribution in [0.3, 0.4) is 0 Å². The summed E-state index contributed by atoms with van der Waals surface area (Å²) >= 11 is 0. The number of hydrogen-bond donors (Lipinski definition) is 1. The Hall–Kier alpha value is -2.30. The Morgan fingerprint density at radius 2 is 1.91 bits per heavy atom. The molecule has 5 nitrogen and oxygen atoms in total. The normalized spacial score (nSPS) is 11.4. The van der Waals surface area contributed by atoms with E-state index in [2.05, 4.69) is 0 Å². The Morgan fingerprint density at radius 3 is 2.43 bits per heavy atom. The lowest BCUT2D eigenvalue weighted by atomic mass is 10.0. The molecule has 0 atom stereocenters. The third kappa shape index (κ3) is 3.38. The zero-order valence-electron chi connectivity index (χ0n) is 14.2. The van der Waals surface area contributed by atoms with Crippen molar-refractivity contribution in [1.82, 2.24) is 4.57 Å². The van der Waals surface area contributed by atoms with Gasteiger partial charge in [0.15, 0.2) is 5.43 Å². The van der Waals surface area contributed by atoms with Crippen LogP contribution < -0.4 is 10.2 Å². The SMILES string of the molecule is Cc1c(CC(=O)O)c(=O)c2cc(OC(C)C)ccc2n1C(C)C. The van der Waals surface area contributed by atoms with Crippen LogP contribution in [-0.2, 0) is 11.2 Å². The molecule has 0 saturated heterocycles. The average Bonchev–Trinajstić information content (AvgIpc) is 2.43. The maximum Gasteiger partial charge on any atom is 0.308 e. The fourth-order valence-corrected chi connectivity index (χ4v) is 2.93. The Bertz CT molecular complexity index is 803. The summed E-state index contributed by atoms with van der Waals surface area (Å²) in [6.07, 6.45) is -0.272. The number of fused-ring (bicyclic) bond motifs is 1. The standard InChI is InChI=1S/C18H23NO4/c1-10(2)19-12(5)14(9-17(20)21)18(22)15-8-13(23-11(3)4)6-7-16(15)19/h6-8,10-11H,9H2,1-5H3,(H,20,21). The highest BCUT2D eigenvalue weighted by Crippen LogP contribution is 2.25. The van der Waals surface area contributed by atoms with Gasteiger partial charge in [-0.05, 0) is 52.8 Å². The summed E-state index contributed by atoms with van der Waals surface area (Å²) in [4.78, 5) is 23.9. The molecule has 1 aromatic heterocycles. The first-order valence-corrected chi connectivity index (χ1v) is 7.78. The second kappa shape index (κ2) is 6.44. The van der Waals surface area contributed by atoms with Gasteiger partial charge in [-0.25, -0.2) is 0 Å². The van der Waals surface area contributed by atoms with Crippen molar-refractivity contribution >= 4 is 16.9 Å². The maximum atomic E-state index is 12.8. The lowest BCUT2D eigenvalue weighted by molar-refractivity contribution is -0.136. The van der Waals surface area contributed by atoms with Crippen LogP contribution in [0.5, 0.6) is 5.75 Å². The fraction of sp³-hybridized carbons (Fsp3) is 0.444. The van der Waals surface area contributed by atoms with E-state index in [1.165, 1.54) is 0 Å². The summed E-state index contributed by atoms with van der Waals surface area (Å²) < 4.78 is 7.67. The number of hydrogen-bond acceptors (Lipinski definition) is 3. The molecule has 124 valence electrons. The van der Waals surface area contributed by atoms with E-state index in [-0.39, 0.29) is 24.0 Å².